The summed E-state index contributed by atoms with van der Waals surface area (Å²) < 4.78 is 5.45. The maximum Gasteiger partial charge on any atom is 0.314 e. The molecule has 1 saturated carbocycles. The van der Waals surface area contributed by atoms with Gasteiger partial charge in [0.2, 0.25) is 0 Å². The summed E-state index contributed by atoms with van der Waals surface area (Å²) in [5, 5.41) is 1.03. The monoisotopic (exact) mass is 402 g/mol. The molecule has 5 heteroatoms. The lowest BCUT2D eigenvalue weighted by molar-refractivity contribution is -0.139. The minimum absolute atomic E-state index is 0.00730. The van der Waals surface area contributed by atoms with Crippen LogP contribution in [0.2, 0.25) is 10.0 Å². The Bertz CT molecular complexity index is 850. The molecule has 0 amide bonds. The fourth-order valence-electron chi connectivity index (χ4n) is 3.12. The van der Waals surface area contributed by atoms with Gasteiger partial charge in [-0.3, -0.25) is 9.59 Å². The Kier molecular flexibility index (Phi) is 6.70. The van der Waals surface area contributed by atoms with Crippen LogP contribution in [0.4, 0.5) is 0 Å². The lowest BCUT2D eigenvalue weighted by Gasteiger charge is -2.19. The van der Waals surface area contributed by atoms with E-state index < -0.39 is 0 Å². The van der Waals surface area contributed by atoms with E-state index in [-0.39, 0.29) is 17.7 Å². The van der Waals surface area contributed by atoms with Crippen LogP contribution < -0.4 is 4.74 Å². The average molecular weight is 403 g/mol. The normalized spacial score (nSPS) is 15.0. The van der Waals surface area contributed by atoms with Gasteiger partial charge in [0.15, 0.2) is 5.78 Å². The molecule has 1 aliphatic carbocycles. The second kappa shape index (κ2) is 9.20. The fourth-order valence-corrected chi connectivity index (χ4v) is 3.59. The van der Waals surface area contributed by atoms with Crippen LogP contribution in [-0.2, 0) is 4.79 Å². The van der Waals surface area contributed by atoms with Crippen molar-refractivity contribution in [3.05, 3.63) is 69.7 Å². The van der Waals surface area contributed by atoms with Crippen LogP contribution in [0.5, 0.6) is 5.75 Å². The summed E-state index contributed by atoms with van der Waals surface area (Å²) in [6, 6.07) is 11.7. The second-order valence-electron chi connectivity index (χ2n) is 6.64. The number of carbonyl (C=O) groups is 2. The lowest BCUT2D eigenvalue weighted by Crippen LogP contribution is -2.22. The Morgan fingerprint density at radius 2 is 1.67 bits per heavy atom. The second-order valence-corrected chi connectivity index (χ2v) is 7.49. The van der Waals surface area contributed by atoms with Crippen molar-refractivity contribution in [2.45, 2.75) is 32.1 Å². The molecule has 0 N–H and O–H groups in total. The average Bonchev–Trinajstić information content (AvgIpc) is 2.68. The summed E-state index contributed by atoms with van der Waals surface area (Å²) in [5.74, 6) is 0.121. The van der Waals surface area contributed by atoms with Crippen LogP contribution in [0.3, 0.4) is 0 Å². The van der Waals surface area contributed by atoms with Crippen molar-refractivity contribution in [1.82, 2.24) is 0 Å². The van der Waals surface area contributed by atoms with Gasteiger partial charge in [-0.05, 0) is 67.0 Å². The SMILES string of the molecule is O=C(/C=C/c1ccc(Cl)cc1Cl)c1ccc(OC(=O)C2CCCCC2)cc1. The molecule has 140 valence electrons. The summed E-state index contributed by atoms with van der Waals surface area (Å²) in [7, 11) is 0. The molecule has 0 saturated heterocycles. The first-order valence-corrected chi connectivity index (χ1v) is 9.78. The van der Waals surface area contributed by atoms with Gasteiger partial charge in [0, 0.05) is 15.6 Å². The standard InChI is InChI=1S/C22H20Cl2O3/c23-18-10-6-15(20(24)14-18)9-13-21(25)16-7-11-19(12-8-16)27-22(26)17-4-2-1-3-5-17/h6-14,17H,1-5H2/b13-9+. The first kappa shape index (κ1) is 19.7. The molecule has 0 aliphatic heterocycles. The molecule has 0 atom stereocenters. The van der Waals surface area contributed by atoms with Crippen LogP contribution in [0.1, 0.15) is 48.0 Å². The van der Waals surface area contributed by atoms with E-state index in [1.54, 1.807) is 48.5 Å². The van der Waals surface area contributed by atoms with Crippen LogP contribution in [0, 0.1) is 5.92 Å². The van der Waals surface area contributed by atoms with E-state index in [4.69, 9.17) is 27.9 Å². The first-order chi connectivity index (χ1) is 13.0. The Morgan fingerprint density at radius 1 is 0.963 bits per heavy atom. The highest BCUT2D eigenvalue weighted by Gasteiger charge is 2.22. The van der Waals surface area contributed by atoms with Crippen LogP contribution in [0.15, 0.2) is 48.5 Å². The van der Waals surface area contributed by atoms with Gasteiger partial charge in [0.05, 0.1) is 5.92 Å². The molecule has 0 spiro atoms. The molecule has 1 aliphatic rings. The topological polar surface area (TPSA) is 43.4 Å². The van der Waals surface area contributed by atoms with Crippen molar-refractivity contribution < 1.29 is 14.3 Å². The zero-order valence-corrected chi connectivity index (χ0v) is 16.3. The molecule has 0 aromatic heterocycles. The molecule has 0 radical (unpaired) electrons. The maximum atomic E-state index is 12.3. The third-order valence-corrected chi connectivity index (χ3v) is 5.23. The molecule has 2 aromatic carbocycles. The van der Waals surface area contributed by atoms with Crippen molar-refractivity contribution in [3.63, 3.8) is 0 Å². The predicted octanol–water partition coefficient (Wildman–Crippen LogP) is 6.38. The zero-order valence-electron chi connectivity index (χ0n) is 14.8. The Balaban J connectivity index is 1.61. The Morgan fingerprint density at radius 3 is 2.33 bits per heavy atom. The van der Waals surface area contributed by atoms with Crippen molar-refractivity contribution in [1.29, 1.82) is 0 Å². The number of hydrogen-bond donors (Lipinski definition) is 0. The van der Waals surface area contributed by atoms with Gasteiger partial charge >= 0.3 is 5.97 Å². The molecule has 0 bridgehead atoms. The number of rotatable bonds is 5. The van der Waals surface area contributed by atoms with Crippen LogP contribution in [-0.4, -0.2) is 11.8 Å². The van der Waals surface area contributed by atoms with Gasteiger partial charge < -0.3 is 4.74 Å². The van der Waals surface area contributed by atoms with Gasteiger partial charge in [0.1, 0.15) is 5.75 Å². The fraction of sp³-hybridized carbons (Fsp3) is 0.273. The molecule has 0 heterocycles. The number of hydrogen-bond acceptors (Lipinski definition) is 3. The predicted molar refractivity (Wildman–Crippen MR) is 108 cm³/mol. The lowest BCUT2D eigenvalue weighted by atomic mass is 9.89. The number of ketones is 1. The maximum absolute atomic E-state index is 12.3. The number of ether oxygens (including phenoxy) is 1. The molecule has 1 fully saturated rings. The van der Waals surface area contributed by atoms with Crippen LogP contribution >= 0.6 is 23.2 Å². The van der Waals surface area contributed by atoms with E-state index in [0.717, 1.165) is 25.7 Å². The van der Waals surface area contributed by atoms with Gasteiger partial charge in [-0.2, -0.15) is 0 Å². The van der Waals surface area contributed by atoms with Gasteiger partial charge in [-0.25, -0.2) is 0 Å². The molecule has 3 rings (SSSR count). The third-order valence-electron chi connectivity index (χ3n) is 4.67. The Labute approximate surface area is 168 Å². The number of benzene rings is 2. The number of carbonyl (C=O) groups excluding carboxylic acids is 2. The quantitative estimate of drug-likeness (QED) is 0.252. The zero-order chi connectivity index (χ0) is 19.2. The number of esters is 1. The van der Waals surface area contributed by atoms with E-state index in [2.05, 4.69) is 0 Å². The Hall–Kier alpha value is -2.10. The van der Waals surface area contributed by atoms with Crippen molar-refractivity contribution >= 4 is 41.0 Å². The summed E-state index contributed by atoms with van der Waals surface area (Å²) >= 11 is 12.0. The molecule has 2 aromatic rings. The van der Waals surface area contributed by atoms with E-state index >= 15 is 0 Å². The highest BCUT2D eigenvalue weighted by Crippen LogP contribution is 2.26. The summed E-state index contributed by atoms with van der Waals surface area (Å²) in [5.41, 5.74) is 1.22. The number of allylic oxidation sites excluding steroid dienone is 1. The van der Waals surface area contributed by atoms with Crippen molar-refractivity contribution in [3.8, 4) is 5.75 Å². The molecular formula is C22H20Cl2O3. The van der Waals surface area contributed by atoms with Crippen molar-refractivity contribution in [2.24, 2.45) is 5.92 Å². The van der Waals surface area contributed by atoms with Crippen molar-refractivity contribution in [2.75, 3.05) is 0 Å². The van der Waals surface area contributed by atoms with Gasteiger partial charge in [-0.15, -0.1) is 0 Å². The smallest absolute Gasteiger partial charge is 0.314 e. The van der Waals surface area contributed by atoms with E-state index in [9.17, 15) is 9.59 Å². The summed E-state index contributed by atoms with van der Waals surface area (Å²) in [6.07, 6.45) is 8.25. The van der Waals surface area contributed by atoms with Gasteiger partial charge in [0.25, 0.3) is 0 Å². The van der Waals surface area contributed by atoms with E-state index in [0.29, 0.717) is 26.9 Å². The highest BCUT2D eigenvalue weighted by atomic mass is 35.5. The largest absolute Gasteiger partial charge is 0.426 e. The molecule has 3 nitrogen and oxygen atoms in total. The third kappa shape index (κ3) is 5.44. The first-order valence-electron chi connectivity index (χ1n) is 9.02. The summed E-state index contributed by atoms with van der Waals surface area (Å²) in [4.78, 5) is 24.5. The minimum atomic E-state index is -0.175. The molecular weight excluding hydrogens is 383 g/mol. The van der Waals surface area contributed by atoms with E-state index in [1.807, 2.05) is 0 Å². The van der Waals surface area contributed by atoms with E-state index in [1.165, 1.54) is 12.5 Å². The number of halogens is 2. The van der Waals surface area contributed by atoms with Crippen LogP contribution in [0.25, 0.3) is 6.08 Å². The summed E-state index contributed by atoms with van der Waals surface area (Å²) in [6.45, 7) is 0. The molecule has 27 heavy (non-hydrogen) atoms. The highest BCUT2D eigenvalue weighted by molar-refractivity contribution is 6.35. The minimum Gasteiger partial charge on any atom is -0.426 e. The molecule has 0 unspecified atom stereocenters. The van der Waals surface area contributed by atoms with Gasteiger partial charge in [-0.1, -0.05) is 48.5 Å².